The third kappa shape index (κ3) is 12.6. The van der Waals surface area contributed by atoms with Gasteiger partial charge in [-0.3, -0.25) is 28.8 Å². The number of likely N-dealkylation sites (N-methyl/N-ethyl adjacent to an activating group) is 2. The van der Waals surface area contributed by atoms with Crippen molar-refractivity contribution in [3.8, 4) is 11.5 Å². The normalized spacial score (nSPS) is 22.8. The Morgan fingerprint density at radius 1 is 0.768 bits per heavy atom. The molecule has 2 saturated heterocycles. The van der Waals surface area contributed by atoms with E-state index < -0.39 is 54.4 Å². The summed E-state index contributed by atoms with van der Waals surface area (Å²) < 4.78 is 6.48. The molecule has 0 bridgehead atoms. The fourth-order valence-electron chi connectivity index (χ4n) is 9.23. The van der Waals surface area contributed by atoms with Gasteiger partial charge in [-0.05, 0) is 106 Å². The number of aliphatic hydroxyl groups excluding tert-OH is 1. The quantitative estimate of drug-likeness (QED) is 0.163. The standard InChI is InChI=1S/C52H61Cl2N7O8/c1-32-28-56-47(63)26-42(23-35-10-14-39(53)15-11-35)59(4)52(68)45(31-62)57-49(65)33(2)60(48(64)24-38(50(66)58(32)3)22-34-8-6-5-7-9-34)30-37-12-16-40(54)25-46(37)69-43-17-13-36-29-61(51(67)44(36)27-43)41-18-20-55-21-19-41/h5-17,25,27,32-33,38,41-42,45,55,62H,18-24,26,28-31H2,1-4H3,(H,56,63)(H,57,65)/t32-,33-,38+,42-,45-/m0/s1. The first-order chi connectivity index (χ1) is 33.1. The van der Waals surface area contributed by atoms with E-state index in [-0.39, 0.29) is 68.3 Å². The summed E-state index contributed by atoms with van der Waals surface area (Å²) >= 11 is 12.7. The molecule has 15 nitrogen and oxygen atoms in total. The topological polar surface area (TPSA) is 181 Å². The maximum absolute atomic E-state index is 15.0. The Morgan fingerprint density at radius 3 is 2.17 bits per heavy atom. The Hall–Kier alpha value is -6.00. The number of piperidine rings is 1. The van der Waals surface area contributed by atoms with E-state index in [2.05, 4.69) is 16.0 Å². The maximum atomic E-state index is 15.0. The van der Waals surface area contributed by atoms with Crippen molar-refractivity contribution < 1.29 is 38.6 Å². The van der Waals surface area contributed by atoms with Gasteiger partial charge in [-0.15, -0.1) is 0 Å². The van der Waals surface area contributed by atoms with Crippen LogP contribution in [0.1, 0.15) is 72.1 Å². The monoisotopic (exact) mass is 981 g/mol. The molecule has 2 fully saturated rings. The average Bonchev–Trinajstić information content (AvgIpc) is 3.68. The smallest absolute Gasteiger partial charge is 0.254 e. The summed E-state index contributed by atoms with van der Waals surface area (Å²) in [6.07, 6.45) is 1.76. The summed E-state index contributed by atoms with van der Waals surface area (Å²) in [6.45, 7) is 4.64. The van der Waals surface area contributed by atoms with E-state index >= 15 is 0 Å². The van der Waals surface area contributed by atoms with Crippen molar-refractivity contribution in [1.82, 2.24) is 35.6 Å². The molecule has 4 N–H and O–H groups in total. The molecule has 366 valence electrons. The van der Waals surface area contributed by atoms with Gasteiger partial charge in [0.05, 0.1) is 19.1 Å². The molecule has 69 heavy (non-hydrogen) atoms. The first-order valence-electron chi connectivity index (χ1n) is 23.5. The van der Waals surface area contributed by atoms with Gasteiger partial charge in [-0.2, -0.15) is 0 Å². The largest absolute Gasteiger partial charge is 0.457 e. The van der Waals surface area contributed by atoms with Crippen LogP contribution in [0.15, 0.2) is 91.0 Å². The summed E-state index contributed by atoms with van der Waals surface area (Å²) in [4.78, 5) is 91.6. The summed E-state index contributed by atoms with van der Waals surface area (Å²) in [7, 11) is 3.14. The van der Waals surface area contributed by atoms with Crippen LogP contribution in [0.5, 0.6) is 11.5 Å². The van der Waals surface area contributed by atoms with Crippen molar-refractivity contribution in [2.75, 3.05) is 40.3 Å². The van der Waals surface area contributed by atoms with Crippen molar-refractivity contribution >= 4 is 58.6 Å². The summed E-state index contributed by atoms with van der Waals surface area (Å²) in [5.74, 6) is -2.96. The van der Waals surface area contributed by atoms with Gasteiger partial charge in [0.15, 0.2) is 0 Å². The number of halogens is 2. The SMILES string of the molecule is C[C@H]1CNC(=O)C[C@H](Cc2ccc(Cl)cc2)N(C)C(=O)[C@H](CO)NC(=O)[C@H](C)N(Cc2ccc(Cl)cc2Oc2ccc3c(c2)C(=O)N(C2CCNCC2)C3)C(=O)C[C@@H](Cc2ccccc2)C(=O)N1C. The fraction of sp³-hybridized carbons (Fsp3) is 0.423. The number of amides is 6. The van der Waals surface area contributed by atoms with Crippen molar-refractivity contribution in [3.63, 3.8) is 0 Å². The maximum Gasteiger partial charge on any atom is 0.254 e. The molecule has 3 aliphatic heterocycles. The van der Waals surface area contributed by atoms with Gasteiger partial charge < -0.3 is 45.4 Å². The zero-order valence-corrected chi connectivity index (χ0v) is 41.0. The molecule has 4 aromatic rings. The minimum absolute atomic E-state index is 0.0604. The summed E-state index contributed by atoms with van der Waals surface area (Å²) in [6, 6.07) is 22.8. The Kier molecular flexibility index (Phi) is 17.0. The Labute approximate surface area is 413 Å². The van der Waals surface area contributed by atoms with Gasteiger partial charge in [0, 0.05) is 79.3 Å². The molecular formula is C52H61Cl2N7O8. The van der Waals surface area contributed by atoms with Crippen molar-refractivity contribution in [2.45, 2.75) is 95.7 Å². The first kappa shape index (κ1) is 50.9. The average molecular weight is 983 g/mol. The number of ether oxygens (including phenoxy) is 1. The number of carbonyl (C=O) groups is 6. The van der Waals surface area contributed by atoms with Gasteiger partial charge in [0.2, 0.25) is 29.5 Å². The van der Waals surface area contributed by atoms with Crippen molar-refractivity contribution in [3.05, 3.63) is 129 Å². The van der Waals surface area contributed by atoms with Crippen molar-refractivity contribution in [2.24, 2.45) is 5.92 Å². The number of hydrogen-bond donors (Lipinski definition) is 4. The summed E-state index contributed by atoms with van der Waals surface area (Å²) in [5.41, 5.74) is 3.53. The van der Waals surface area contributed by atoms with Crippen molar-refractivity contribution in [1.29, 1.82) is 0 Å². The van der Waals surface area contributed by atoms with Gasteiger partial charge in [0.1, 0.15) is 23.6 Å². The molecule has 4 aromatic carbocycles. The minimum atomic E-state index is -1.44. The Bertz CT molecular complexity index is 2510. The molecule has 3 aliphatic rings. The number of rotatable bonds is 10. The highest BCUT2D eigenvalue weighted by Crippen LogP contribution is 2.35. The molecule has 0 saturated carbocycles. The third-order valence-electron chi connectivity index (χ3n) is 13.6. The van der Waals surface area contributed by atoms with Gasteiger partial charge >= 0.3 is 0 Å². The van der Waals surface area contributed by atoms with E-state index in [1.807, 2.05) is 41.3 Å². The van der Waals surface area contributed by atoms with Crippen LogP contribution in [0.25, 0.3) is 0 Å². The van der Waals surface area contributed by atoms with E-state index in [4.69, 9.17) is 27.9 Å². The highest BCUT2D eigenvalue weighted by Gasteiger charge is 2.37. The van der Waals surface area contributed by atoms with Crippen LogP contribution in [0, 0.1) is 5.92 Å². The predicted molar refractivity (Wildman–Crippen MR) is 263 cm³/mol. The molecule has 0 radical (unpaired) electrons. The molecule has 5 atom stereocenters. The molecule has 6 amide bonds. The van der Waals surface area contributed by atoms with Crippen LogP contribution < -0.4 is 20.7 Å². The van der Waals surface area contributed by atoms with E-state index in [0.717, 1.165) is 42.6 Å². The highest BCUT2D eigenvalue weighted by molar-refractivity contribution is 6.31. The zero-order valence-electron chi connectivity index (χ0n) is 39.5. The second-order valence-electron chi connectivity index (χ2n) is 18.4. The van der Waals surface area contributed by atoms with Gasteiger partial charge in [-0.25, -0.2) is 0 Å². The van der Waals surface area contributed by atoms with Crippen LogP contribution in [0.4, 0.5) is 0 Å². The molecule has 0 unspecified atom stereocenters. The third-order valence-corrected chi connectivity index (χ3v) is 14.1. The lowest BCUT2D eigenvalue weighted by atomic mass is 9.93. The lowest BCUT2D eigenvalue weighted by Gasteiger charge is -2.35. The lowest BCUT2D eigenvalue weighted by Crippen LogP contribution is -2.57. The van der Waals surface area contributed by atoms with Crippen LogP contribution in [0.3, 0.4) is 0 Å². The van der Waals surface area contributed by atoms with E-state index in [1.54, 1.807) is 68.6 Å². The molecule has 0 aliphatic carbocycles. The van der Waals surface area contributed by atoms with Crippen LogP contribution >= 0.6 is 23.2 Å². The molecular weight excluding hydrogens is 922 g/mol. The predicted octanol–water partition coefficient (Wildman–Crippen LogP) is 5.37. The number of nitrogens with zero attached hydrogens (tertiary/aromatic N) is 4. The second-order valence-corrected chi connectivity index (χ2v) is 19.2. The number of fused-ring (bicyclic) bond motifs is 1. The second kappa shape index (κ2) is 23.1. The van der Waals surface area contributed by atoms with E-state index in [0.29, 0.717) is 33.5 Å². The minimum Gasteiger partial charge on any atom is -0.457 e. The first-order valence-corrected chi connectivity index (χ1v) is 24.3. The summed E-state index contributed by atoms with van der Waals surface area (Å²) in [5, 5.41) is 20.4. The number of nitrogens with one attached hydrogen (secondary N) is 3. The fourth-order valence-corrected chi connectivity index (χ4v) is 9.52. The van der Waals surface area contributed by atoms with Gasteiger partial charge in [0.25, 0.3) is 5.91 Å². The van der Waals surface area contributed by atoms with Crippen LogP contribution in [-0.2, 0) is 49.9 Å². The van der Waals surface area contributed by atoms with Gasteiger partial charge in [-0.1, -0.05) is 77.8 Å². The van der Waals surface area contributed by atoms with E-state index in [1.165, 1.54) is 28.7 Å². The highest BCUT2D eigenvalue weighted by atomic mass is 35.5. The number of benzene rings is 4. The van der Waals surface area contributed by atoms with E-state index in [9.17, 15) is 33.9 Å². The molecule has 3 heterocycles. The number of aliphatic hydroxyl groups is 1. The molecule has 0 aromatic heterocycles. The Balaban J connectivity index is 1.22. The molecule has 0 spiro atoms. The van der Waals surface area contributed by atoms with Crippen LogP contribution in [0.2, 0.25) is 10.0 Å². The number of carbonyl (C=O) groups excluding carboxylic acids is 6. The molecule has 7 rings (SSSR count). The number of hydrogen-bond acceptors (Lipinski definition) is 9. The molecule has 17 heteroatoms. The zero-order chi connectivity index (χ0) is 49.4. The van der Waals surface area contributed by atoms with Crippen LogP contribution in [-0.4, -0.2) is 131 Å². The lowest BCUT2D eigenvalue weighted by molar-refractivity contribution is -0.146. The Morgan fingerprint density at radius 2 is 1.46 bits per heavy atom.